The predicted molar refractivity (Wildman–Crippen MR) is 77.0 cm³/mol. The highest BCUT2D eigenvalue weighted by atomic mass is 15.2. The molecular formula is C14H28N4. The van der Waals surface area contributed by atoms with Gasteiger partial charge in [-0.2, -0.15) is 0 Å². The average Bonchev–Trinajstić information content (AvgIpc) is 3.12. The van der Waals surface area contributed by atoms with Crippen molar-refractivity contribution < 1.29 is 0 Å². The fraction of sp³-hybridized carbons (Fsp3) is 0.929. The first-order chi connectivity index (χ1) is 8.83. The molecule has 0 aromatic carbocycles. The largest absolute Gasteiger partial charge is 0.357 e. The van der Waals surface area contributed by atoms with Crippen LogP contribution in [0.3, 0.4) is 0 Å². The van der Waals surface area contributed by atoms with Crippen LogP contribution in [0.25, 0.3) is 0 Å². The molecule has 1 saturated heterocycles. The molecule has 104 valence electrons. The summed E-state index contributed by atoms with van der Waals surface area (Å²) in [6.07, 6.45) is 5.32. The summed E-state index contributed by atoms with van der Waals surface area (Å²) in [7, 11) is 0. The summed E-state index contributed by atoms with van der Waals surface area (Å²) >= 11 is 0. The number of rotatable bonds is 6. The quantitative estimate of drug-likeness (QED) is 0.555. The van der Waals surface area contributed by atoms with Crippen LogP contribution >= 0.6 is 0 Å². The minimum absolute atomic E-state index is 0.766. The third kappa shape index (κ3) is 4.16. The van der Waals surface area contributed by atoms with E-state index in [0.717, 1.165) is 44.0 Å². The van der Waals surface area contributed by atoms with Gasteiger partial charge in [0, 0.05) is 32.2 Å². The van der Waals surface area contributed by atoms with E-state index in [1.54, 1.807) is 0 Å². The van der Waals surface area contributed by atoms with Crippen LogP contribution in [0.15, 0.2) is 4.99 Å². The van der Waals surface area contributed by atoms with Gasteiger partial charge in [0.2, 0.25) is 0 Å². The second-order valence-electron chi connectivity index (χ2n) is 5.53. The van der Waals surface area contributed by atoms with E-state index in [9.17, 15) is 0 Å². The van der Waals surface area contributed by atoms with Gasteiger partial charge in [-0.1, -0.05) is 6.92 Å². The molecule has 2 fully saturated rings. The molecule has 1 aliphatic heterocycles. The van der Waals surface area contributed by atoms with Crippen molar-refractivity contribution in [2.45, 2.75) is 45.6 Å². The molecule has 4 heteroatoms. The smallest absolute Gasteiger partial charge is 0.191 e. The monoisotopic (exact) mass is 252 g/mol. The summed E-state index contributed by atoms with van der Waals surface area (Å²) < 4.78 is 0. The van der Waals surface area contributed by atoms with Crippen molar-refractivity contribution in [2.75, 3.05) is 32.7 Å². The van der Waals surface area contributed by atoms with Gasteiger partial charge in [0.1, 0.15) is 0 Å². The summed E-state index contributed by atoms with van der Waals surface area (Å²) in [5, 5.41) is 6.68. The van der Waals surface area contributed by atoms with E-state index in [1.165, 1.54) is 32.4 Å². The van der Waals surface area contributed by atoms with E-state index in [4.69, 9.17) is 4.99 Å². The lowest BCUT2D eigenvalue weighted by molar-refractivity contribution is 0.315. The molecule has 0 spiro atoms. The van der Waals surface area contributed by atoms with E-state index in [0.29, 0.717) is 0 Å². The molecule has 4 nitrogen and oxygen atoms in total. The normalized spacial score (nSPS) is 25.4. The molecule has 1 unspecified atom stereocenters. The van der Waals surface area contributed by atoms with Crippen LogP contribution in [0.5, 0.6) is 0 Å². The van der Waals surface area contributed by atoms with E-state index >= 15 is 0 Å². The van der Waals surface area contributed by atoms with Gasteiger partial charge in [-0.25, -0.2) is 0 Å². The summed E-state index contributed by atoms with van der Waals surface area (Å²) in [5.41, 5.74) is 0. The first-order valence-corrected chi connectivity index (χ1v) is 7.59. The average molecular weight is 252 g/mol. The summed E-state index contributed by atoms with van der Waals surface area (Å²) in [6, 6.07) is 0.922. The fourth-order valence-corrected chi connectivity index (χ4v) is 2.59. The Hall–Kier alpha value is -0.770. The van der Waals surface area contributed by atoms with Gasteiger partial charge in [0.05, 0.1) is 0 Å². The van der Waals surface area contributed by atoms with E-state index in [-0.39, 0.29) is 0 Å². The molecule has 0 aromatic heterocycles. The van der Waals surface area contributed by atoms with Gasteiger partial charge in [-0.3, -0.25) is 4.99 Å². The number of nitrogens with one attached hydrogen (secondary N) is 2. The molecule has 2 N–H and O–H groups in total. The molecule has 0 radical (unpaired) electrons. The molecule has 0 aromatic rings. The molecule has 2 aliphatic rings. The van der Waals surface area contributed by atoms with Crippen molar-refractivity contribution in [3.8, 4) is 0 Å². The molecule has 18 heavy (non-hydrogen) atoms. The number of guanidine groups is 1. The first-order valence-electron chi connectivity index (χ1n) is 7.59. The molecule has 1 saturated carbocycles. The number of likely N-dealkylation sites (tertiary alicyclic amines) is 1. The third-order valence-electron chi connectivity index (χ3n) is 3.77. The molecule has 1 heterocycles. The standard InChI is InChI=1S/C14H28N4/c1-3-8-16-14(15-4-2)17-10-12-7-9-18(11-12)13-5-6-13/h12-13H,3-11H2,1-2H3,(H2,15,16,17). The molecule has 0 bridgehead atoms. The SMILES string of the molecule is CCCNC(=NCC1CCN(C2CC2)C1)NCC. The van der Waals surface area contributed by atoms with Crippen molar-refractivity contribution in [2.24, 2.45) is 10.9 Å². The minimum atomic E-state index is 0.766. The molecule has 1 aliphatic carbocycles. The fourth-order valence-electron chi connectivity index (χ4n) is 2.59. The zero-order valence-corrected chi connectivity index (χ0v) is 11.9. The third-order valence-corrected chi connectivity index (χ3v) is 3.77. The van der Waals surface area contributed by atoms with E-state index < -0.39 is 0 Å². The lowest BCUT2D eigenvalue weighted by Gasteiger charge is -2.14. The van der Waals surface area contributed by atoms with Crippen molar-refractivity contribution in [1.29, 1.82) is 0 Å². The maximum atomic E-state index is 4.71. The minimum Gasteiger partial charge on any atom is -0.357 e. The Balaban J connectivity index is 1.72. The Kier molecular flexibility index (Phi) is 5.29. The number of hydrogen-bond donors (Lipinski definition) is 2. The highest BCUT2D eigenvalue weighted by Gasteiger charge is 2.34. The van der Waals surface area contributed by atoms with Gasteiger partial charge in [0.15, 0.2) is 5.96 Å². The van der Waals surface area contributed by atoms with Crippen LogP contribution < -0.4 is 10.6 Å². The van der Waals surface area contributed by atoms with Crippen molar-refractivity contribution in [1.82, 2.24) is 15.5 Å². The van der Waals surface area contributed by atoms with Crippen LogP contribution in [0.4, 0.5) is 0 Å². The second kappa shape index (κ2) is 6.98. The Bertz CT molecular complexity index is 273. The zero-order chi connectivity index (χ0) is 12.8. The Morgan fingerprint density at radius 2 is 2.06 bits per heavy atom. The number of hydrogen-bond acceptors (Lipinski definition) is 2. The van der Waals surface area contributed by atoms with Crippen LogP contribution in [-0.4, -0.2) is 49.6 Å². The van der Waals surface area contributed by atoms with Crippen LogP contribution in [-0.2, 0) is 0 Å². The summed E-state index contributed by atoms with van der Waals surface area (Å²) in [5.74, 6) is 1.76. The van der Waals surface area contributed by atoms with E-state index in [1.807, 2.05) is 0 Å². The lowest BCUT2D eigenvalue weighted by Crippen LogP contribution is -2.38. The van der Waals surface area contributed by atoms with Crippen molar-refractivity contribution in [3.63, 3.8) is 0 Å². The Labute approximate surface area is 111 Å². The van der Waals surface area contributed by atoms with Crippen LogP contribution in [0, 0.1) is 5.92 Å². The van der Waals surface area contributed by atoms with Crippen LogP contribution in [0.1, 0.15) is 39.5 Å². The maximum absolute atomic E-state index is 4.71. The molecule has 2 rings (SSSR count). The van der Waals surface area contributed by atoms with Gasteiger partial charge in [-0.15, -0.1) is 0 Å². The molecular weight excluding hydrogens is 224 g/mol. The second-order valence-corrected chi connectivity index (χ2v) is 5.53. The molecule has 1 atom stereocenters. The Morgan fingerprint density at radius 3 is 2.72 bits per heavy atom. The van der Waals surface area contributed by atoms with Gasteiger partial charge >= 0.3 is 0 Å². The van der Waals surface area contributed by atoms with Crippen molar-refractivity contribution >= 4 is 5.96 Å². The van der Waals surface area contributed by atoms with Gasteiger partial charge in [0.25, 0.3) is 0 Å². The van der Waals surface area contributed by atoms with Gasteiger partial charge in [-0.05, 0) is 45.1 Å². The first kappa shape index (κ1) is 13.7. The van der Waals surface area contributed by atoms with Crippen LogP contribution in [0.2, 0.25) is 0 Å². The predicted octanol–water partition coefficient (Wildman–Crippen LogP) is 1.44. The topological polar surface area (TPSA) is 39.7 Å². The van der Waals surface area contributed by atoms with Crippen molar-refractivity contribution in [3.05, 3.63) is 0 Å². The zero-order valence-electron chi connectivity index (χ0n) is 11.9. The number of aliphatic imine (C=N–C) groups is 1. The maximum Gasteiger partial charge on any atom is 0.191 e. The molecule has 0 amide bonds. The lowest BCUT2D eigenvalue weighted by atomic mass is 10.1. The number of nitrogens with zero attached hydrogens (tertiary/aromatic N) is 2. The highest BCUT2D eigenvalue weighted by Crippen LogP contribution is 2.31. The highest BCUT2D eigenvalue weighted by molar-refractivity contribution is 5.79. The summed E-state index contributed by atoms with van der Waals surface area (Å²) in [4.78, 5) is 7.37. The van der Waals surface area contributed by atoms with Gasteiger partial charge < -0.3 is 15.5 Å². The Morgan fingerprint density at radius 1 is 1.22 bits per heavy atom. The van der Waals surface area contributed by atoms with E-state index in [2.05, 4.69) is 29.4 Å². The summed E-state index contributed by atoms with van der Waals surface area (Å²) in [6.45, 7) is 9.78.